The highest BCUT2D eigenvalue weighted by atomic mass is 35.5. The Balaban J connectivity index is 0.00000205. The maximum Gasteiger partial charge on any atom is 0.118 e. The summed E-state index contributed by atoms with van der Waals surface area (Å²) in [7, 11) is 1.70. The lowest BCUT2D eigenvalue weighted by Crippen LogP contribution is -2.28. The zero-order chi connectivity index (χ0) is 19.1. The number of halogens is 1. The van der Waals surface area contributed by atoms with Gasteiger partial charge in [-0.05, 0) is 73.1 Å². The predicted octanol–water partition coefficient (Wildman–Crippen LogP) is 4.75. The van der Waals surface area contributed by atoms with Crippen LogP contribution in [0, 0.1) is 0 Å². The molecule has 152 valence electrons. The summed E-state index contributed by atoms with van der Waals surface area (Å²) in [6.45, 7) is 1.98. The van der Waals surface area contributed by atoms with Crippen molar-refractivity contribution in [2.75, 3.05) is 25.1 Å². The van der Waals surface area contributed by atoms with Crippen LogP contribution < -0.4 is 15.4 Å². The molecule has 0 radical (unpaired) electrons. The van der Waals surface area contributed by atoms with E-state index < -0.39 is 0 Å². The molecule has 1 fully saturated rings. The third kappa shape index (κ3) is 3.67. The quantitative estimate of drug-likeness (QED) is 0.678. The van der Waals surface area contributed by atoms with Crippen molar-refractivity contribution in [2.24, 2.45) is 5.73 Å². The van der Waals surface area contributed by atoms with Crippen LogP contribution in [-0.2, 0) is 12.8 Å². The fraction of sp³-hybridized carbons (Fsp3) is 0.375. The SMILES string of the molecule is COc1ccc(-c2ccc3nc4c(c(N5CC[C@H](N)C5)c3c2)CCCC4)cc1.Cl. The van der Waals surface area contributed by atoms with E-state index >= 15 is 0 Å². The maximum absolute atomic E-state index is 6.26. The monoisotopic (exact) mass is 409 g/mol. The number of aryl methyl sites for hydroxylation is 1. The molecule has 1 aromatic heterocycles. The molecule has 5 heteroatoms. The molecule has 0 amide bonds. The number of pyridine rings is 1. The number of aromatic nitrogens is 1. The summed E-state index contributed by atoms with van der Waals surface area (Å²) in [5.41, 5.74) is 13.9. The second-order valence-electron chi connectivity index (χ2n) is 8.05. The molecule has 2 N–H and O–H groups in total. The Hall–Kier alpha value is -2.30. The van der Waals surface area contributed by atoms with E-state index in [0.717, 1.165) is 43.6 Å². The van der Waals surface area contributed by atoms with E-state index in [1.807, 2.05) is 12.1 Å². The average Bonchev–Trinajstić information content (AvgIpc) is 3.17. The molecule has 5 rings (SSSR count). The topological polar surface area (TPSA) is 51.4 Å². The molecule has 4 nitrogen and oxygen atoms in total. The molecular formula is C24H28ClN3O. The highest BCUT2D eigenvalue weighted by Crippen LogP contribution is 2.39. The summed E-state index contributed by atoms with van der Waals surface area (Å²) < 4.78 is 5.31. The maximum atomic E-state index is 6.26. The van der Waals surface area contributed by atoms with Gasteiger partial charge in [-0.15, -0.1) is 12.4 Å². The number of hydrogen-bond donors (Lipinski definition) is 1. The van der Waals surface area contributed by atoms with Crippen LogP contribution in [0.2, 0.25) is 0 Å². The molecule has 0 bridgehead atoms. The minimum absolute atomic E-state index is 0. The number of ether oxygens (including phenoxy) is 1. The summed E-state index contributed by atoms with van der Waals surface area (Å²) in [5, 5.41) is 1.27. The minimum Gasteiger partial charge on any atom is -0.497 e. The fourth-order valence-electron chi connectivity index (χ4n) is 4.71. The summed E-state index contributed by atoms with van der Waals surface area (Å²) in [5.74, 6) is 0.881. The fourth-order valence-corrected chi connectivity index (χ4v) is 4.71. The second-order valence-corrected chi connectivity index (χ2v) is 8.05. The number of methoxy groups -OCH3 is 1. The Kier molecular flexibility index (Phi) is 5.66. The largest absolute Gasteiger partial charge is 0.497 e. The van der Waals surface area contributed by atoms with Gasteiger partial charge in [0.2, 0.25) is 0 Å². The van der Waals surface area contributed by atoms with E-state index in [1.165, 1.54) is 46.3 Å². The molecule has 2 heterocycles. The predicted molar refractivity (Wildman–Crippen MR) is 122 cm³/mol. The van der Waals surface area contributed by atoms with Gasteiger partial charge in [0.25, 0.3) is 0 Å². The number of anilines is 1. The van der Waals surface area contributed by atoms with Crippen LogP contribution in [0.1, 0.15) is 30.5 Å². The first-order chi connectivity index (χ1) is 13.7. The van der Waals surface area contributed by atoms with E-state index in [9.17, 15) is 0 Å². The molecule has 1 saturated heterocycles. The van der Waals surface area contributed by atoms with Crippen LogP contribution in [0.15, 0.2) is 42.5 Å². The van der Waals surface area contributed by atoms with Crippen molar-refractivity contribution in [3.05, 3.63) is 53.7 Å². The number of nitrogens with zero attached hydrogens (tertiary/aromatic N) is 2. The van der Waals surface area contributed by atoms with Gasteiger partial charge < -0.3 is 15.4 Å². The van der Waals surface area contributed by atoms with Gasteiger partial charge in [0.05, 0.1) is 18.3 Å². The van der Waals surface area contributed by atoms with Gasteiger partial charge in [-0.2, -0.15) is 0 Å². The molecule has 3 aromatic rings. The minimum atomic E-state index is 0. The number of fused-ring (bicyclic) bond motifs is 2. The molecule has 1 aliphatic heterocycles. The van der Waals surface area contributed by atoms with E-state index in [1.54, 1.807) is 7.11 Å². The van der Waals surface area contributed by atoms with Gasteiger partial charge in [0.1, 0.15) is 5.75 Å². The van der Waals surface area contributed by atoms with Gasteiger partial charge in [-0.3, -0.25) is 4.98 Å². The van der Waals surface area contributed by atoms with E-state index in [0.29, 0.717) is 0 Å². The van der Waals surface area contributed by atoms with E-state index in [2.05, 4.69) is 35.2 Å². The van der Waals surface area contributed by atoms with Crippen molar-refractivity contribution >= 4 is 29.0 Å². The van der Waals surface area contributed by atoms with Crippen molar-refractivity contribution in [1.82, 2.24) is 4.98 Å². The first kappa shape index (κ1) is 20.0. The Morgan fingerprint density at radius 2 is 1.79 bits per heavy atom. The lowest BCUT2D eigenvalue weighted by atomic mass is 9.91. The summed E-state index contributed by atoms with van der Waals surface area (Å²) in [4.78, 5) is 7.56. The highest BCUT2D eigenvalue weighted by Gasteiger charge is 2.26. The van der Waals surface area contributed by atoms with Gasteiger partial charge in [-0.25, -0.2) is 0 Å². The van der Waals surface area contributed by atoms with Crippen LogP contribution in [-0.4, -0.2) is 31.2 Å². The first-order valence-electron chi connectivity index (χ1n) is 10.3. The molecular weight excluding hydrogens is 382 g/mol. The van der Waals surface area contributed by atoms with Crippen molar-refractivity contribution in [1.29, 1.82) is 0 Å². The molecule has 1 atom stereocenters. The smallest absolute Gasteiger partial charge is 0.118 e. The van der Waals surface area contributed by atoms with Crippen molar-refractivity contribution in [3.8, 4) is 16.9 Å². The summed E-state index contributed by atoms with van der Waals surface area (Å²) in [6, 6.07) is 15.2. The van der Waals surface area contributed by atoms with E-state index in [-0.39, 0.29) is 18.4 Å². The third-order valence-corrected chi connectivity index (χ3v) is 6.20. The van der Waals surface area contributed by atoms with Gasteiger partial charge in [-0.1, -0.05) is 18.2 Å². The van der Waals surface area contributed by atoms with Crippen molar-refractivity contribution in [2.45, 2.75) is 38.1 Å². The summed E-state index contributed by atoms with van der Waals surface area (Å²) in [6.07, 6.45) is 5.79. The summed E-state index contributed by atoms with van der Waals surface area (Å²) >= 11 is 0. The normalized spacial score (nSPS) is 18.4. The zero-order valence-electron chi connectivity index (χ0n) is 16.9. The molecule has 0 unspecified atom stereocenters. The van der Waals surface area contributed by atoms with Gasteiger partial charge >= 0.3 is 0 Å². The van der Waals surface area contributed by atoms with Crippen molar-refractivity contribution in [3.63, 3.8) is 0 Å². The van der Waals surface area contributed by atoms with Crippen LogP contribution in [0.25, 0.3) is 22.0 Å². The lowest BCUT2D eigenvalue weighted by molar-refractivity contribution is 0.415. The zero-order valence-corrected chi connectivity index (χ0v) is 17.7. The van der Waals surface area contributed by atoms with Crippen LogP contribution >= 0.6 is 12.4 Å². The van der Waals surface area contributed by atoms with Crippen LogP contribution in [0.4, 0.5) is 5.69 Å². The average molecular weight is 410 g/mol. The molecule has 0 saturated carbocycles. The molecule has 2 aromatic carbocycles. The van der Waals surface area contributed by atoms with Crippen LogP contribution in [0.5, 0.6) is 5.75 Å². The molecule has 2 aliphatic rings. The van der Waals surface area contributed by atoms with Crippen LogP contribution in [0.3, 0.4) is 0 Å². The number of rotatable bonds is 3. The highest BCUT2D eigenvalue weighted by molar-refractivity contribution is 5.97. The van der Waals surface area contributed by atoms with E-state index in [4.69, 9.17) is 15.5 Å². The Bertz CT molecular complexity index is 1020. The standard InChI is InChI=1S/C24H27N3O.ClH/c1-28-19-9-6-16(7-10-19)17-8-11-23-21(14-17)24(27-13-12-18(25)15-27)20-4-2-3-5-22(20)26-23;/h6-11,14,18H,2-5,12-13,15,25H2,1H3;1H/t18-;/m0./s1. The van der Waals surface area contributed by atoms with Gasteiger partial charge in [0.15, 0.2) is 0 Å². The Morgan fingerprint density at radius 3 is 2.52 bits per heavy atom. The Morgan fingerprint density at radius 1 is 1.03 bits per heavy atom. The molecule has 1 aliphatic carbocycles. The molecule has 0 spiro atoms. The third-order valence-electron chi connectivity index (χ3n) is 6.20. The Labute approximate surface area is 178 Å². The molecule has 29 heavy (non-hydrogen) atoms. The second kappa shape index (κ2) is 8.21. The van der Waals surface area contributed by atoms with Gasteiger partial charge in [0, 0.05) is 30.2 Å². The number of hydrogen-bond acceptors (Lipinski definition) is 4. The first-order valence-corrected chi connectivity index (χ1v) is 10.3. The van der Waals surface area contributed by atoms with Crippen molar-refractivity contribution < 1.29 is 4.74 Å². The number of nitrogens with two attached hydrogens (primary N) is 1. The number of benzene rings is 2. The lowest BCUT2D eigenvalue weighted by Gasteiger charge is -2.28.